The molecule has 0 saturated carbocycles. The molecule has 7 aromatic carbocycles. The summed E-state index contributed by atoms with van der Waals surface area (Å²) >= 11 is 5.75. The second kappa shape index (κ2) is 30.6. The summed E-state index contributed by atoms with van der Waals surface area (Å²) in [6.07, 6.45) is 4.84. The molecule has 0 radical (unpaired) electrons. The van der Waals surface area contributed by atoms with E-state index in [-0.39, 0.29) is 46.1 Å². The molecule has 15 N–H and O–H groups in total. The number of hydrogen-bond donors (Lipinski definition) is 14. The Morgan fingerprint density at radius 2 is 0.944 bits per heavy atom. The van der Waals surface area contributed by atoms with Gasteiger partial charge in [-0.05, 0) is 158 Å². The van der Waals surface area contributed by atoms with Gasteiger partial charge in [-0.1, -0.05) is 73.7 Å². The maximum Gasteiger partial charge on any atom is 0.170 e. The van der Waals surface area contributed by atoms with Gasteiger partial charge >= 0.3 is 0 Å². The molecular weight excluding hydrogens is 954 g/mol. The van der Waals surface area contributed by atoms with Crippen LogP contribution in [0.1, 0.15) is 65.3 Å². The van der Waals surface area contributed by atoms with Crippen molar-refractivity contribution in [3.05, 3.63) is 183 Å². The molecule has 7 aromatic rings. The molecule has 7 rings (SSSR count). The number of hydrogen-bond acceptors (Lipinski definition) is 19. The van der Waals surface area contributed by atoms with Crippen molar-refractivity contribution in [2.24, 2.45) is 36.7 Å². The van der Waals surface area contributed by atoms with Crippen molar-refractivity contribution in [2.45, 2.75) is 34.1 Å². The highest BCUT2D eigenvalue weighted by molar-refractivity contribution is 6.34. The first kappa shape index (κ1) is 58.4. The summed E-state index contributed by atoms with van der Waals surface area (Å²) < 4.78 is 0. The Morgan fingerprint density at radius 1 is 0.486 bits per heavy atom. The van der Waals surface area contributed by atoms with E-state index in [9.17, 15) is 10.2 Å². The van der Waals surface area contributed by atoms with Crippen LogP contribution >= 0.6 is 11.6 Å². The number of oxime groups is 6. The number of benzene rings is 7. The number of fused-ring (bicyclic) bond motifs is 1. The number of rotatable bonds is 7. The average molecular weight is 1010 g/mol. The Balaban J connectivity index is 0.000000297. The lowest BCUT2D eigenvalue weighted by molar-refractivity contribution is 0.318. The molecule has 0 aromatic heterocycles. The highest BCUT2D eigenvalue weighted by Crippen LogP contribution is 2.27. The third kappa shape index (κ3) is 19.1. The van der Waals surface area contributed by atoms with Crippen LogP contribution in [0.3, 0.4) is 0 Å². The second-order valence-corrected chi connectivity index (χ2v) is 14.9. The molecule has 0 aliphatic carbocycles. The quantitative estimate of drug-likeness (QED) is 0.0306. The SMILES string of the molecule is C/C(=N/O)c1ccc(O)cc1Cl.C/C(=N/O)c1ccc(O)cc1O.CCc1cc(O)ccc1/C=N\O.Cc1cc(O)ccc1/C=N\O.N/C(=N/O)c1ccc(O)cc1.O/N=C\c1ccc(O)c2ccccc12. The van der Waals surface area contributed by atoms with Crippen LogP contribution in [0.25, 0.3) is 10.8 Å². The third-order valence-corrected chi connectivity index (χ3v) is 9.88. The lowest BCUT2D eigenvalue weighted by Crippen LogP contribution is -2.12. The van der Waals surface area contributed by atoms with Crippen LogP contribution < -0.4 is 5.73 Å². The highest BCUT2D eigenvalue weighted by Gasteiger charge is 2.07. The van der Waals surface area contributed by atoms with Crippen molar-refractivity contribution in [2.75, 3.05) is 0 Å². The van der Waals surface area contributed by atoms with Crippen molar-refractivity contribution in [3.63, 3.8) is 0 Å². The van der Waals surface area contributed by atoms with Gasteiger partial charge in [0.1, 0.15) is 40.2 Å². The maximum atomic E-state index is 9.56. The van der Waals surface area contributed by atoms with Crippen LogP contribution in [0.15, 0.2) is 164 Å². The molecular formula is C51H54ClN7O13. The molecule has 0 unspecified atom stereocenters. The first-order valence-electron chi connectivity index (χ1n) is 20.9. The first-order valence-corrected chi connectivity index (χ1v) is 21.3. The predicted molar refractivity (Wildman–Crippen MR) is 276 cm³/mol. The van der Waals surface area contributed by atoms with Crippen molar-refractivity contribution in [1.29, 1.82) is 0 Å². The molecule has 0 saturated heterocycles. The molecule has 0 heterocycles. The maximum absolute atomic E-state index is 9.56. The van der Waals surface area contributed by atoms with Gasteiger partial charge in [-0.3, -0.25) is 0 Å². The lowest BCUT2D eigenvalue weighted by atomic mass is 10.0. The van der Waals surface area contributed by atoms with Crippen LogP contribution in [0.5, 0.6) is 40.2 Å². The standard InChI is InChI=1S/C11H9NO2.C9H11NO2.C8H8ClNO2.C8H9NO3.C8H9NO2.C7H8N2O2/c13-11-6-5-8(7-12-14)9-3-1-2-4-10(9)11;1-2-7-5-9(11)4-3-8(7)6-10-12;1-5(10-12)7-3-2-6(11)4-8(7)9;1-5(9-12)7-3-2-6(10)4-8(7)11;1-6-4-8(10)3-2-7(6)5-9-11;8-7(9-11)5-1-3-6(10)4-2-5/h1-7,13-14H;3-6,11-12H,2H2,1H3;2-4,11-12H,1H3;2-4,10-12H,1H3;2-5,10-11H,1H3;1-4,10-11H,(H2,8,9)/b12-7-;10-6-;10-5-;2*9-5-;. The van der Waals surface area contributed by atoms with E-state index in [1.807, 2.05) is 38.1 Å². The zero-order chi connectivity index (χ0) is 53.8. The molecule has 21 heteroatoms. The fourth-order valence-electron chi connectivity index (χ4n) is 5.86. The van der Waals surface area contributed by atoms with Gasteiger partial charge in [0.15, 0.2) is 5.84 Å². The van der Waals surface area contributed by atoms with Gasteiger partial charge in [0, 0.05) is 33.7 Å². The van der Waals surface area contributed by atoms with Crippen molar-refractivity contribution >= 4 is 58.3 Å². The molecule has 20 nitrogen and oxygen atoms in total. The van der Waals surface area contributed by atoms with Crippen LogP contribution in [0.2, 0.25) is 5.02 Å². The zero-order valence-corrected chi connectivity index (χ0v) is 39.8. The molecule has 378 valence electrons. The molecule has 0 spiro atoms. The van der Waals surface area contributed by atoms with Crippen molar-refractivity contribution in [3.8, 4) is 40.2 Å². The van der Waals surface area contributed by atoms with Gasteiger partial charge in [0.05, 0.1) is 35.1 Å². The van der Waals surface area contributed by atoms with Crippen molar-refractivity contribution < 1.29 is 67.0 Å². The monoisotopic (exact) mass is 1010 g/mol. The minimum Gasteiger partial charge on any atom is -0.508 e. The van der Waals surface area contributed by atoms with Gasteiger partial charge in [0.25, 0.3) is 0 Å². The fourth-order valence-corrected chi connectivity index (χ4v) is 6.17. The number of phenolic OH excluding ortho intramolecular Hbond substituents is 7. The van der Waals surface area contributed by atoms with Crippen LogP contribution in [0.4, 0.5) is 0 Å². The summed E-state index contributed by atoms with van der Waals surface area (Å²) in [4.78, 5) is 0. The number of aryl methyl sites for hydroxylation is 2. The average Bonchev–Trinajstić information content (AvgIpc) is 3.37. The van der Waals surface area contributed by atoms with E-state index in [0.717, 1.165) is 45.0 Å². The molecule has 0 aliphatic heterocycles. The zero-order valence-electron chi connectivity index (χ0n) is 39.1. The Morgan fingerprint density at radius 3 is 1.47 bits per heavy atom. The minimum absolute atomic E-state index is 0.0259. The number of nitrogens with two attached hydrogens (primary N) is 1. The lowest BCUT2D eigenvalue weighted by Gasteiger charge is -2.02. The summed E-state index contributed by atoms with van der Waals surface area (Å²) in [6, 6.07) is 35.1. The number of phenols is 7. The van der Waals surface area contributed by atoms with E-state index >= 15 is 0 Å². The fraction of sp³-hybridized carbons (Fsp3) is 0.0980. The topological polar surface area (TPSA) is 363 Å². The molecule has 0 amide bonds. The van der Waals surface area contributed by atoms with Crippen LogP contribution in [0, 0.1) is 6.92 Å². The van der Waals surface area contributed by atoms with Crippen LogP contribution in [-0.2, 0) is 6.42 Å². The summed E-state index contributed by atoms with van der Waals surface area (Å²) in [6.45, 7) is 6.98. The molecule has 0 bridgehead atoms. The smallest absolute Gasteiger partial charge is 0.170 e. The van der Waals surface area contributed by atoms with Gasteiger partial charge in [-0.15, -0.1) is 0 Å². The largest absolute Gasteiger partial charge is 0.508 e. The normalized spacial score (nSPS) is 11.2. The minimum atomic E-state index is -0.106. The summed E-state index contributed by atoms with van der Waals surface area (Å²) in [5.41, 5.74) is 11.8. The van der Waals surface area contributed by atoms with Gasteiger partial charge in [-0.2, -0.15) is 0 Å². The van der Waals surface area contributed by atoms with E-state index in [4.69, 9.17) is 74.1 Å². The molecule has 0 fully saturated rings. The molecule has 72 heavy (non-hydrogen) atoms. The molecule has 0 atom stereocenters. The van der Waals surface area contributed by atoms with E-state index in [1.54, 1.807) is 80.6 Å². The highest BCUT2D eigenvalue weighted by atomic mass is 35.5. The second-order valence-electron chi connectivity index (χ2n) is 14.5. The predicted octanol–water partition coefficient (Wildman–Crippen LogP) is 9.65. The Bertz CT molecular complexity index is 2950. The first-order chi connectivity index (χ1) is 34.4. The summed E-state index contributed by atoms with van der Waals surface area (Å²) in [7, 11) is 0. The van der Waals surface area contributed by atoms with Crippen LogP contribution in [-0.4, -0.2) is 103 Å². The Labute approximate surface area is 418 Å². The van der Waals surface area contributed by atoms with Gasteiger partial charge < -0.3 is 72.7 Å². The Kier molecular flexibility index (Phi) is 24.9. The summed E-state index contributed by atoms with van der Waals surface area (Å²) in [5.74, 6) is 0.835. The van der Waals surface area contributed by atoms with E-state index < -0.39 is 0 Å². The van der Waals surface area contributed by atoms with E-state index in [1.165, 1.54) is 61.1 Å². The van der Waals surface area contributed by atoms with Crippen molar-refractivity contribution in [1.82, 2.24) is 0 Å². The van der Waals surface area contributed by atoms with Gasteiger partial charge in [-0.25, -0.2) is 0 Å². The number of nitrogens with zero attached hydrogens (tertiary/aromatic N) is 6. The third-order valence-electron chi connectivity index (χ3n) is 9.57. The summed E-state index contributed by atoms with van der Waals surface area (Å²) in [5, 5.41) is 133. The van der Waals surface area contributed by atoms with E-state index in [2.05, 4.69) is 30.9 Å². The van der Waals surface area contributed by atoms with Gasteiger partial charge in [0.2, 0.25) is 0 Å². The Hall–Kier alpha value is -9.69. The van der Waals surface area contributed by atoms with E-state index in [0.29, 0.717) is 33.1 Å². The number of halogens is 1. The number of aromatic hydroxyl groups is 7. The molecule has 0 aliphatic rings. The number of amidine groups is 1.